The van der Waals surface area contributed by atoms with Crippen LogP contribution in [0.4, 0.5) is 21.8 Å². The normalized spacial score (nSPS) is 10.9. The predicted molar refractivity (Wildman–Crippen MR) is 102 cm³/mol. The summed E-state index contributed by atoms with van der Waals surface area (Å²) in [6, 6.07) is 12.0. The van der Waals surface area contributed by atoms with Crippen LogP contribution in [-0.4, -0.2) is 26.5 Å². The summed E-state index contributed by atoms with van der Waals surface area (Å²) in [7, 11) is 1.61. The topological polar surface area (TPSA) is 90.4 Å². The van der Waals surface area contributed by atoms with Gasteiger partial charge in [-0.25, -0.2) is 14.4 Å². The van der Waals surface area contributed by atoms with E-state index in [1.165, 1.54) is 12.3 Å². The third-order valence-corrected chi connectivity index (χ3v) is 4.09. The van der Waals surface area contributed by atoms with E-state index in [0.717, 1.165) is 11.4 Å². The molecule has 136 valence electrons. The highest BCUT2D eigenvalue weighted by Gasteiger charge is 2.15. The first-order chi connectivity index (χ1) is 13.0. The van der Waals surface area contributed by atoms with E-state index in [4.69, 9.17) is 10.5 Å². The second-order valence-electron chi connectivity index (χ2n) is 5.98. The Bertz CT molecular complexity index is 1120. The first kappa shape index (κ1) is 16.8. The van der Waals surface area contributed by atoms with Gasteiger partial charge in [-0.15, -0.1) is 0 Å². The van der Waals surface area contributed by atoms with E-state index < -0.39 is 0 Å². The second-order valence-corrected chi connectivity index (χ2v) is 5.98. The minimum Gasteiger partial charge on any atom is -0.497 e. The Hall–Kier alpha value is -3.68. The molecule has 3 heterocycles. The number of pyridine rings is 1. The number of hydrogen-bond acceptors (Lipinski definition) is 6. The molecule has 0 saturated carbocycles. The van der Waals surface area contributed by atoms with E-state index in [9.17, 15) is 4.39 Å². The van der Waals surface area contributed by atoms with Gasteiger partial charge in [0.2, 0.25) is 5.95 Å². The summed E-state index contributed by atoms with van der Waals surface area (Å²) < 4.78 is 20.5. The van der Waals surface area contributed by atoms with Crippen molar-refractivity contribution in [1.82, 2.24) is 19.4 Å². The Morgan fingerprint density at radius 2 is 1.85 bits per heavy atom. The molecule has 0 aliphatic rings. The van der Waals surface area contributed by atoms with E-state index in [0.29, 0.717) is 34.5 Å². The van der Waals surface area contributed by atoms with E-state index in [1.807, 2.05) is 31.2 Å². The summed E-state index contributed by atoms with van der Waals surface area (Å²) >= 11 is 0. The number of aryl methyl sites for hydroxylation is 1. The average Bonchev–Trinajstić information content (AvgIpc) is 2.97. The van der Waals surface area contributed by atoms with Crippen LogP contribution in [0, 0.1) is 12.7 Å². The van der Waals surface area contributed by atoms with Crippen molar-refractivity contribution < 1.29 is 9.13 Å². The van der Waals surface area contributed by atoms with Crippen molar-refractivity contribution in [1.29, 1.82) is 0 Å². The van der Waals surface area contributed by atoms with Gasteiger partial charge in [0.1, 0.15) is 23.0 Å². The molecule has 0 bridgehead atoms. The standard InChI is InChI=1S/C19H17FN6O/c1-11-18(26-10-12(20)3-8-17(26)22-11)15-9-16(21)25-19(24-15)23-13-4-6-14(27-2)7-5-13/h3-10H,1-2H3,(H3,21,23,24,25). The van der Waals surface area contributed by atoms with Crippen LogP contribution in [0.15, 0.2) is 48.7 Å². The van der Waals surface area contributed by atoms with E-state index in [1.54, 1.807) is 23.6 Å². The van der Waals surface area contributed by atoms with Crippen molar-refractivity contribution in [2.45, 2.75) is 6.92 Å². The number of benzene rings is 1. The van der Waals surface area contributed by atoms with Crippen LogP contribution >= 0.6 is 0 Å². The van der Waals surface area contributed by atoms with Crippen LogP contribution < -0.4 is 15.8 Å². The number of rotatable bonds is 4. The molecule has 27 heavy (non-hydrogen) atoms. The number of anilines is 3. The van der Waals surface area contributed by atoms with Gasteiger partial charge >= 0.3 is 0 Å². The molecule has 1 aromatic carbocycles. The first-order valence-electron chi connectivity index (χ1n) is 8.24. The Morgan fingerprint density at radius 3 is 2.59 bits per heavy atom. The number of aromatic nitrogens is 4. The van der Waals surface area contributed by atoms with Crippen molar-refractivity contribution in [2.24, 2.45) is 0 Å². The highest BCUT2D eigenvalue weighted by atomic mass is 19.1. The molecule has 0 unspecified atom stereocenters. The number of nitrogens with two attached hydrogens (primary N) is 1. The van der Waals surface area contributed by atoms with Gasteiger partial charge in [0.15, 0.2) is 0 Å². The van der Waals surface area contributed by atoms with Gasteiger partial charge in [0, 0.05) is 18.0 Å². The van der Waals surface area contributed by atoms with Crippen molar-refractivity contribution in [3.05, 3.63) is 60.2 Å². The van der Waals surface area contributed by atoms with Gasteiger partial charge < -0.3 is 15.8 Å². The molecule has 0 aliphatic heterocycles. The molecule has 0 spiro atoms. The number of fused-ring (bicyclic) bond motifs is 1. The van der Waals surface area contributed by atoms with Crippen LogP contribution in [0.3, 0.4) is 0 Å². The molecule has 7 nitrogen and oxygen atoms in total. The highest BCUT2D eigenvalue weighted by Crippen LogP contribution is 2.27. The lowest BCUT2D eigenvalue weighted by Gasteiger charge is -2.09. The lowest BCUT2D eigenvalue weighted by atomic mass is 10.2. The maximum absolute atomic E-state index is 13.7. The maximum Gasteiger partial charge on any atom is 0.229 e. The molecular formula is C19H17FN6O. The van der Waals surface area contributed by atoms with Crippen molar-refractivity contribution >= 4 is 23.1 Å². The number of imidazole rings is 1. The van der Waals surface area contributed by atoms with Gasteiger partial charge in [0.05, 0.1) is 24.2 Å². The number of nitrogen functional groups attached to an aromatic ring is 1. The van der Waals surface area contributed by atoms with Crippen LogP contribution in [-0.2, 0) is 0 Å². The molecular weight excluding hydrogens is 347 g/mol. The van der Waals surface area contributed by atoms with Crippen LogP contribution in [0.2, 0.25) is 0 Å². The molecule has 0 saturated heterocycles. The Labute approximate surface area is 154 Å². The number of nitrogens with zero attached hydrogens (tertiary/aromatic N) is 4. The molecule has 3 N–H and O–H groups in total. The summed E-state index contributed by atoms with van der Waals surface area (Å²) in [6.07, 6.45) is 1.37. The van der Waals surface area contributed by atoms with Crippen molar-refractivity contribution in [2.75, 3.05) is 18.2 Å². The Morgan fingerprint density at radius 1 is 1.07 bits per heavy atom. The summed E-state index contributed by atoms with van der Waals surface area (Å²) in [6.45, 7) is 1.84. The fourth-order valence-corrected chi connectivity index (χ4v) is 2.89. The minimum absolute atomic E-state index is 0.293. The number of methoxy groups -OCH3 is 1. The quantitative estimate of drug-likeness (QED) is 0.575. The molecule has 0 amide bonds. The van der Waals surface area contributed by atoms with Gasteiger partial charge in [-0.1, -0.05) is 0 Å². The van der Waals surface area contributed by atoms with Crippen LogP contribution in [0.25, 0.3) is 17.0 Å². The Kier molecular flexibility index (Phi) is 4.08. The predicted octanol–water partition coefficient (Wildman–Crippen LogP) is 3.57. The minimum atomic E-state index is -0.361. The number of halogens is 1. The number of ether oxygens (including phenoxy) is 1. The van der Waals surface area contributed by atoms with Crippen molar-refractivity contribution in [3.8, 4) is 17.1 Å². The molecule has 0 fully saturated rings. The van der Waals surface area contributed by atoms with Gasteiger partial charge in [-0.05, 0) is 43.3 Å². The van der Waals surface area contributed by atoms with Crippen molar-refractivity contribution in [3.63, 3.8) is 0 Å². The summed E-state index contributed by atoms with van der Waals surface area (Å²) in [5, 5.41) is 3.12. The maximum atomic E-state index is 13.7. The molecule has 4 aromatic rings. The zero-order valence-electron chi connectivity index (χ0n) is 14.8. The number of nitrogens with one attached hydrogen (secondary N) is 1. The summed E-state index contributed by atoms with van der Waals surface area (Å²) in [5.74, 6) is 1.01. The SMILES string of the molecule is COc1ccc(Nc2nc(N)cc(-c3c(C)nc4ccc(F)cn34)n2)cc1. The fraction of sp³-hybridized carbons (Fsp3) is 0.105. The van der Waals surface area contributed by atoms with Crippen LogP contribution in [0.1, 0.15) is 5.69 Å². The van der Waals surface area contributed by atoms with Gasteiger partial charge in [-0.2, -0.15) is 4.98 Å². The lowest BCUT2D eigenvalue weighted by molar-refractivity contribution is 0.415. The number of hydrogen-bond donors (Lipinski definition) is 2. The van der Waals surface area contributed by atoms with E-state index >= 15 is 0 Å². The molecule has 4 rings (SSSR count). The smallest absolute Gasteiger partial charge is 0.229 e. The average molecular weight is 364 g/mol. The third-order valence-electron chi connectivity index (χ3n) is 4.09. The summed E-state index contributed by atoms with van der Waals surface area (Å²) in [5.41, 5.74) is 9.32. The van der Waals surface area contributed by atoms with E-state index in [-0.39, 0.29) is 5.82 Å². The summed E-state index contributed by atoms with van der Waals surface area (Å²) in [4.78, 5) is 13.2. The van der Waals surface area contributed by atoms with Gasteiger partial charge in [0.25, 0.3) is 0 Å². The molecule has 0 atom stereocenters. The molecule has 8 heteroatoms. The Balaban J connectivity index is 1.76. The largest absolute Gasteiger partial charge is 0.497 e. The monoisotopic (exact) mass is 364 g/mol. The second kappa shape index (κ2) is 6.56. The third kappa shape index (κ3) is 3.24. The lowest BCUT2D eigenvalue weighted by Crippen LogP contribution is -2.03. The molecule has 0 aliphatic carbocycles. The zero-order chi connectivity index (χ0) is 19.0. The molecule has 0 radical (unpaired) electrons. The zero-order valence-corrected chi connectivity index (χ0v) is 14.8. The highest BCUT2D eigenvalue weighted by molar-refractivity contribution is 5.68. The van der Waals surface area contributed by atoms with E-state index in [2.05, 4.69) is 20.3 Å². The van der Waals surface area contributed by atoms with Crippen LogP contribution in [0.5, 0.6) is 5.75 Å². The first-order valence-corrected chi connectivity index (χ1v) is 8.24. The fourth-order valence-electron chi connectivity index (χ4n) is 2.89. The molecule has 3 aromatic heterocycles. The van der Waals surface area contributed by atoms with Gasteiger partial charge in [-0.3, -0.25) is 4.40 Å².